The second-order valence-electron chi connectivity index (χ2n) is 7.22. The monoisotopic (exact) mass is 360 g/mol. The van der Waals surface area contributed by atoms with Gasteiger partial charge in [-0.15, -0.1) is 0 Å². The first-order valence-electron chi connectivity index (χ1n) is 9.41. The van der Waals surface area contributed by atoms with Gasteiger partial charge in [0.1, 0.15) is 5.75 Å². The summed E-state index contributed by atoms with van der Waals surface area (Å²) in [5.74, 6) is 1.37. The van der Waals surface area contributed by atoms with Gasteiger partial charge in [0, 0.05) is 32.2 Å². The van der Waals surface area contributed by atoms with E-state index in [-0.39, 0.29) is 23.9 Å². The zero-order valence-corrected chi connectivity index (χ0v) is 15.6. The first kappa shape index (κ1) is 18.7. The lowest BCUT2D eigenvalue weighted by atomic mass is 9.88. The molecule has 0 bridgehead atoms. The fourth-order valence-electron chi connectivity index (χ4n) is 3.75. The maximum absolute atomic E-state index is 12.5. The van der Waals surface area contributed by atoms with Crippen molar-refractivity contribution in [2.45, 2.75) is 44.6 Å². The molecule has 2 atom stereocenters. The number of carbonyl (C=O) groups excluding carboxylic acids is 2. The summed E-state index contributed by atoms with van der Waals surface area (Å²) in [5.41, 5.74) is 1.18. The predicted molar refractivity (Wildman–Crippen MR) is 98.2 cm³/mol. The summed E-state index contributed by atoms with van der Waals surface area (Å²) in [6.07, 6.45) is 2.96. The van der Waals surface area contributed by atoms with Crippen molar-refractivity contribution in [3.8, 4) is 5.75 Å². The van der Waals surface area contributed by atoms with Gasteiger partial charge in [0.25, 0.3) is 0 Å². The number of ether oxygens (including phenoxy) is 2. The van der Waals surface area contributed by atoms with Gasteiger partial charge >= 0.3 is 6.03 Å². The Morgan fingerprint density at radius 3 is 2.54 bits per heavy atom. The number of carbonyl (C=O) groups is 2. The molecule has 0 aromatic heterocycles. The zero-order valence-electron chi connectivity index (χ0n) is 15.6. The second kappa shape index (κ2) is 8.54. The molecule has 0 aliphatic carbocycles. The van der Waals surface area contributed by atoms with Gasteiger partial charge in [-0.1, -0.05) is 19.1 Å². The molecule has 1 N–H and O–H groups in total. The fourth-order valence-corrected chi connectivity index (χ4v) is 3.75. The molecule has 3 rings (SSSR count). The number of hydrogen-bond acceptors (Lipinski definition) is 4. The third-order valence-corrected chi connectivity index (χ3v) is 5.56. The lowest BCUT2D eigenvalue weighted by Gasteiger charge is -2.37. The number of amides is 3. The molecular weight excluding hydrogens is 332 g/mol. The molecule has 3 amide bonds. The van der Waals surface area contributed by atoms with Crippen LogP contribution in [0.15, 0.2) is 24.3 Å². The number of imide groups is 1. The van der Waals surface area contributed by atoms with Crippen LogP contribution in [0.5, 0.6) is 5.75 Å². The molecule has 26 heavy (non-hydrogen) atoms. The molecule has 1 aromatic carbocycles. The molecule has 0 saturated carbocycles. The van der Waals surface area contributed by atoms with Gasteiger partial charge in [-0.2, -0.15) is 0 Å². The third kappa shape index (κ3) is 4.36. The third-order valence-electron chi connectivity index (χ3n) is 5.56. The molecule has 2 unspecified atom stereocenters. The van der Waals surface area contributed by atoms with Crippen LogP contribution in [0.4, 0.5) is 4.79 Å². The van der Waals surface area contributed by atoms with Crippen LogP contribution in [0, 0.1) is 5.92 Å². The molecule has 2 saturated heterocycles. The van der Waals surface area contributed by atoms with Crippen LogP contribution in [0.25, 0.3) is 0 Å². The van der Waals surface area contributed by atoms with Crippen molar-refractivity contribution < 1.29 is 19.1 Å². The number of rotatable bonds is 6. The SMILES string of the molecule is COc1ccc(C(C)CCN2C(=O)CC(C3CCOCC3)NC2=O)cc1. The Kier molecular flexibility index (Phi) is 6.14. The van der Waals surface area contributed by atoms with Crippen molar-refractivity contribution in [1.82, 2.24) is 10.2 Å². The smallest absolute Gasteiger partial charge is 0.324 e. The summed E-state index contributed by atoms with van der Waals surface area (Å²) in [6.45, 7) is 3.99. The number of hydrogen-bond donors (Lipinski definition) is 1. The number of nitrogens with zero attached hydrogens (tertiary/aromatic N) is 1. The van der Waals surface area contributed by atoms with E-state index in [0.717, 1.165) is 25.0 Å². The van der Waals surface area contributed by atoms with Gasteiger partial charge in [-0.3, -0.25) is 9.69 Å². The largest absolute Gasteiger partial charge is 0.497 e. The standard InChI is InChI=1S/C20H28N2O4/c1-14(15-3-5-17(25-2)6-4-15)7-10-22-19(23)13-18(21-20(22)24)16-8-11-26-12-9-16/h3-6,14,16,18H,7-13H2,1-2H3,(H,21,24). The van der Waals surface area contributed by atoms with Gasteiger partial charge in [0.05, 0.1) is 7.11 Å². The van der Waals surface area contributed by atoms with Crippen molar-refractivity contribution in [3.63, 3.8) is 0 Å². The van der Waals surface area contributed by atoms with Crippen molar-refractivity contribution in [1.29, 1.82) is 0 Å². The van der Waals surface area contributed by atoms with E-state index in [0.29, 0.717) is 32.1 Å². The predicted octanol–water partition coefficient (Wildman–Crippen LogP) is 2.93. The first-order valence-corrected chi connectivity index (χ1v) is 9.41. The zero-order chi connectivity index (χ0) is 18.5. The number of benzene rings is 1. The van der Waals surface area contributed by atoms with E-state index >= 15 is 0 Å². The number of methoxy groups -OCH3 is 1. The molecule has 2 aliphatic heterocycles. The van der Waals surface area contributed by atoms with Crippen LogP contribution in [-0.4, -0.2) is 49.7 Å². The minimum absolute atomic E-state index is 0.0471. The molecule has 1 aromatic rings. The molecule has 6 heteroatoms. The minimum Gasteiger partial charge on any atom is -0.497 e. The minimum atomic E-state index is -0.250. The van der Waals surface area contributed by atoms with Crippen LogP contribution in [0.3, 0.4) is 0 Å². The summed E-state index contributed by atoms with van der Waals surface area (Å²) in [6, 6.07) is 7.63. The van der Waals surface area contributed by atoms with E-state index in [2.05, 4.69) is 12.2 Å². The average molecular weight is 360 g/mol. The van der Waals surface area contributed by atoms with Crippen LogP contribution in [0.2, 0.25) is 0 Å². The Morgan fingerprint density at radius 2 is 1.92 bits per heavy atom. The Morgan fingerprint density at radius 1 is 1.23 bits per heavy atom. The lowest BCUT2D eigenvalue weighted by Crippen LogP contribution is -2.57. The van der Waals surface area contributed by atoms with E-state index in [4.69, 9.17) is 9.47 Å². The van der Waals surface area contributed by atoms with Crippen molar-refractivity contribution in [2.75, 3.05) is 26.9 Å². The number of urea groups is 1. The summed E-state index contributed by atoms with van der Waals surface area (Å²) < 4.78 is 10.5. The highest BCUT2D eigenvalue weighted by atomic mass is 16.5. The van der Waals surface area contributed by atoms with E-state index in [9.17, 15) is 9.59 Å². The highest BCUT2D eigenvalue weighted by Crippen LogP contribution is 2.26. The van der Waals surface area contributed by atoms with Gasteiger partial charge in [0.2, 0.25) is 5.91 Å². The molecule has 142 valence electrons. The second-order valence-corrected chi connectivity index (χ2v) is 7.22. The highest BCUT2D eigenvalue weighted by Gasteiger charge is 2.36. The lowest BCUT2D eigenvalue weighted by molar-refractivity contribution is -0.131. The van der Waals surface area contributed by atoms with Crippen LogP contribution >= 0.6 is 0 Å². The molecular formula is C20H28N2O4. The van der Waals surface area contributed by atoms with E-state index in [1.54, 1.807) is 7.11 Å². The summed E-state index contributed by atoms with van der Waals surface area (Å²) in [5, 5.41) is 3.04. The van der Waals surface area contributed by atoms with Crippen molar-refractivity contribution in [2.24, 2.45) is 5.92 Å². The van der Waals surface area contributed by atoms with Crippen molar-refractivity contribution >= 4 is 11.9 Å². The van der Waals surface area contributed by atoms with E-state index in [1.165, 1.54) is 10.5 Å². The summed E-state index contributed by atoms with van der Waals surface area (Å²) in [7, 11) is 1.65. The molecule has 0 radical (unpaired) electrons. The number of nitrogens with one attached hydrogen (secondary N) is 1. The molecule has 2 fully saturated rings. The van der Waals surface area contributed by atoms with E-state index in [1.807, 2.05) is 24.3 Å². The molecule has 2 heterocycles. The van der Waals surface area contributed by atoms with Gasteiger partial charge < -0.3 is 14.8 Å². The Labute approximate surface area is 154 Å². The van der Waals surface area contributed by atoms with Gasteiger partial charge in [-0.25, -0.2) is 4.79 Å². The van der Waals surface area contributed by atoms with Crippen LogP contribution in [-0.2, 0) is 9.53 Å². The van der Waals surface area contributed by atoms with Crippen LogP contribution in [0.1, 0.15) is 44.1 Å². The van der Waals surface area contributed by atoms with Gasteiger partial charge in [0.15, 0.2) is 0 Å². The average Bonchev–Trinajstić information content (AvgIpc) is 2.67. The van der Waals surface area contributed by atoms with Crippen LogP contribution < -0.4 is 10.1 Å². The molecule has 2 aliphatic rings. The molecule has 0 spiro atoms. The quantitative estimate of drug-likeness (QED) is 0.847. The van der Waals surface area contributed by atoms with Crippen molar-refractivity contribution in [3.05, 3.63) is 29.8 Å². The highest BCUT2D eigenvalue weighted by molar-refractivity contribution is 5.97. The normalized spacial score (nSPS) is 22.8. The summed E-state index contributed by atoms with van der Waals surface area (Å²) in [4.78, 5) is 26.3. The fraction of sp³-hybridized carbons (Fsp3) is 0.600. The first-order chi connectivity index (χ1) is 12.6. The maximum atomic E-state index is 12.5. The summed E-state index contributed by atoms with van der Waals surface area (Å²) >= 11 is 0. The Balaban J connectivity index is 1.53. The Hall–Kier alpha value is -2.08. The topological polar surface area (TPSA) is 67.9 Å². The van der Waals surface area contributed by atoms with Gasteiger partial charge in [-0.05, 0) is 48.8 Å². The Bertz CT molecular complexity index is 607. The molecule has 6 nitrogen and oxygen atoms in total. The maximum Gasteiger partial charge on any atom is 0.324 e. The van der Waals surface area contributed by atoms with E-state index < -0.39 is 0 Å².